The maximum absolute atomic E-state index is 5.59. The molecule has 52 valence electrons. The molecule has 2 rings (SSSR count). The van der Waals surface area contributed by atoms with E-state index in [1.54, 1.807) is 11.4 Å². The first-order valence-corrected chi connectivity index (χ1v) is 5.61. The third kappa shape index (κ3) is 1.01. The SMILES string of the molecule is NP1Oc2ccccc2S1. The number of rotatable bonds is 0. The van der Waals surface area contributed by atoms with E-state index in [1.807, 2.05) is 24.3 Å². The van der Waals surface area contributed by atoms with Gasteiger partial charge in [-0.1, -0.05) is 12.1 Å². The molecule has 0 aliphatic carbocycles. The summed E-state index contributed by atoms with van der Waals surface area (Å²) in [5.41, 5.74) is 5.59. The van der Waals surface area contributed by atoms with Crippen molar-refractivity contribution in [3.05, 3.63) is 24.3 Å². The highest BCUT2D eigenvalue weighted by Crippen LogP contribution is 2.58. The van der Waals surface area contributed by atoms with Crippen LogP contribution in [0.2, 0.25) is 0 Å². The van der Waals surface area contributed by atoms with E-state index in [2.05, 4.69) is 0 Å². The average Bonchev–Trinajstić information content (AvgIpc) is 2.27. The Morgan fingerprint density at radius 1 is 1.40 bits per heavy atom. The highest BCUT2D eigenvalue weighted by Gasteiger charge is 2.19. The minimum atomic E-state index is -0.775. The van der Waals surface area contributed by atoms with Gasteiger partial charge in [-0.05, 0) is 23.5 Å². The second-order valence-electron chi connectivity index (χ2n) is 1.91. The largest absolute Gasteiger partial charge is 0.447 e. The Kier molecular flexibility index (Phi) is 1.57. The zero-order chi connectivity index (χ0) is 6.97. The van der Waals surface area contributed by atoms with Gasteiger partial charge in [0.15, 0.2) is 0 Å². The maximum atomic E-state index is 5.59. The first-order valence-electron chi connectivity index (χ1n) is 2.86. The molecule has 4 heteroatoms. The van der Waals surface area contributed by atoms with Gasteiger partial charge in [-0.2, -0.15) is 0 Å². The predicted molar refractivity (Wildman–Crippen MR) is 44.0 cm³/mol. The Balaban J connectivity index is 2.42. The van der Waals surface area contributed by atoms with Gasteiger partial charge in [-0.15, -0.1) is 0 Å². The van der Waals surface area contributed by atoms with E-state index >= 15 is 0 Å². The van der Waals surface area contributed by atoms with Gasteiger partial charge >= 0.3 is 0 Å². The molecular weight excluding hydrogens is 165 g/mol. The van der Waals surface area contributed by atoms with Crippen molar-refractivity contribution in [3.63, 3.8) is 0 Å². The van der Waals surface area contributed by atoms with Crippen molar-refractivity contribution in [3.8, 4) is 5.75 Å². The van der Waals surface area contributed by atoms with Gasteiger partial charge in [-0.25, -0.2) is 0 Å². The van der Waals surface area contributed by atoms with Crippen LogP contribution in [-0.4, -0.2) is 0 Å². The lowest BCUT2D eigenvalue weighted by Gasteiger charge is -1.97. The molecule has 0 spiro atoms. The molecule has 0 saturated heterocycles. The van der Waals surface area contributed by atoms with Crippen LogP contribution in [0.1, 0.15) is 0 Å². The summed E-state index contributed by atoms with van der Waals surface area (Å²) in [7, 11) is -0.775. The van der Waals surface area contributed by atoms with Gasteiger partial charge in [0.05, 0.1) is 4.90 Å². The van der Waals surface area contributed by atoms with Crippen molar-refractivity contribution < 1.29 is 4.52 Å². The fourth-order valence-corrected chi connectivity index (χ4v) is 3.19. The first-order chi connectivity index (χ1) is 4.86. The smallest absolute Gasteiger partial charge is 0.227 e. The normalized spacial score (nSPS) is 21.9. The summed E-state index contributed by atoms with van der Waals surface area (Å²) in [5, 5.41) is 0. The van der Waals surface area contributed by atoms with Crippen LogP contribution in [0.5, 0.6) is 5.75 Å². The third-order valence-corrected chi connectivity index (χ3v) is 3.67. The fourth-order valence-electron chi connectivity index (χ4n) is 0.813. The summed E-state index contributed by atoms with van der Waals surface area (Å²) < 4.78 is 5.31. The average molecular weight is 171 g/mol. The second kappa shape index (κ2) is 2.42. The van der Waals surface area contributed by atoms with E-state index in [-0.39, 0.29) is 0 Å². The minimum absolute atomic E-state index is 0.775. The number of para-hydroxylation sites is 1. The van der Waals surface area contributed by atoms with Crippen molar-refractivity contribution in [2.45, 2.75) is 4.90 Å². The summed E-state index contributed by atoms with van der Waals surface area (Å²) in [4.78, 5) is 1.16. The van der Waals surface area contributed by atoms with Gasteiger partial charge in [0.1, 0.15) is 5.75 Å². The van der Waals surface area contributed by atoms with Crippen molar-refractivity contribution >= 4 is 18.9 Å². The molecule has 1 unspecified atom stereocenters. The lowest BCUT2D eigenvalue weighted by Crippen LogP contribution is -1.84. The molecule has 2 nitrogen and oxygen atoms in total. The molecule has 0 bridgehead atoms. The van der Waals surface area contributed by atoms with Crippen molar-refractivity contribution in [1.29, 1.82) is 0 Å². The molecule has 1 aromatic rings. The van der Waals surface area contributed by atoms with Crippen LogP contribution in [-0.2, 0) is 0 Å². The highest BCUT2D eigenvalue weighted by atomic mass is 32.7. The topological polar surface area (TPSA) is 35.2 Å². The number of hydrogen-bond donors (Lipinski definition) is 1. The Bertz CT molecular complexity index is 230. The third-order valence-electron chi connectivity index (χ3n) is 1.23. The molecule has 0 saturated carbocycles. The summed E-state index contributed by atoms with van der Waals surface area (Å²) in [6.45, 7) is 0. The van der Waals surface area contributed by atoms with Gasteiger partial charge in [0.2, 0.25) is 7.50 Å². The zero-order valence-electron chi connectivity index (χ0n) is 5.15. The van der Waals surface area contributed by atoms with Crippen LogP contribution in [0.25, 0.3) is 0 Å². The van der Waals surface area contributed by atoms with Crippen LogP contribution < -0.4 is 10.0 Å². The quantitative estimate of drug-likeness (QED) is 0.608. The molecule has 0 aromatic heterocycles. The molecule has 2 N–H and O–H groups in total. The molecule has 0 fully saturated rings. The summed E-state index contributed by atoms with van der Waals surface area (Å²) >= 11 is 1.61. The van der Waals surface area contributed by atoms with Crippen LogP contribution in [0, 0.1) is 0 Å². The predicted octanol–water partition coefficient (Wildman–Crippen LogP) is 2.36. The molecule has 1 aliphatic rings. The van der Waals surface area contributed by atoms with Crippen LogP contribution in [0.4, 0.5) is 0 Å². The van der Waals surface area contributed by atoms with Crippen molar-refractivity contribution in [1.82, 2.24) is 0 Å². The molecule has 0 radical (unpaired) electrons. The van der Waals surface area contributed by atoms with E-state index in [0.717, 1.165) is 10.6 Å². The summed E-state index contributed by atoms with van der Waals surface area (Å²) in [6, 6.07) is 7.91. The van der Waals surface area contributed by atoms with Gasteiger partial charge in [-0.3, -0.25) is 5.50 Å². The lowest BCUT2D eigenvalue weighted by atomic mass is 10.3. The first kappa shape index (κ1) is 6.47. The molecule has 1 heterocycles. The van der Waals surface area contributed by atoms with E-state index < -0.39 is 7.50 Å². The van der Waals surface area contributed by atoms with Gasteiger partial charge in [0.25, 0.3) is 0 Å². The molecular formula is C6H6NOPS. The summed E-state index contributed by atoms with van der Waals surface area (Å²) in [5.74, 6) is 0.932. The Hall–Kier alpha value is -0.240. The molecule has 1 aliphatic heterocycles. The standard InChI is InChI=1S/C6H6NOPS/c7-9-8-5-3-1-2-4-6(5)10-9/h1-4H,7H2. The van der Waals surface area contributed by atoms with Crippen molar-refractivity contribution in [2.75, 3.05) is 0 Å². The molecule has 10 heavy (non-hydrogen) atoms. The zero-order valence-corrected chi connectivity index (χ0v) is 6.86. The number of benzene rings is 1. The fraction of sp³-hybridized carbons (Fsp3) is 0. The van der Waals surface area contributed by atoms with E-state index in [4.69, 9.17) is 10.0 Å². The lowest BCUT2D eigenvalue weighted by molar-refractivity contribution is 0.620. The molecule has 0 amide bonds. The van der Waals surface area contributed by atoms with Crippen LogP contribution in [0.15, 0.2) is 29.2 Å². The Morgan fingerprint density at radius 2 is 2.20 bits per heavy atom. The Labute approximate surface area is 64.4 Å². The second-order valence-corrected chi connectivity index (χ2v) is 4.92. The van der Waals surface area contributed by atoms with Crippen molar-refractivity contribution in [2.24, 2.45) is 5.50 Å². The number of hydrogen-bond acceptors (Lipinski definition) is 3. The Morgan fingerprint density at radius 3 is 3.00 bits per heavy atom. The van der Waals surface area contributed by atoms with E-state index in [9.17, 15) is 0 Å². The van der Waals surface area contributed by atoms with Gasteiger partial charge in [0, 0.05) is 0 Å². The van der Waals surface area contributed by atoms with E-state index in [0.29, 0.717) is 0 Å². The minimum Gasteiger partial charge on any atom is -0.447 e. The maximum Gasteiger partial charge on any atom is 0.227 e. The van der Waals surface area contributed by atoms with E-state index in [1.165, 1.54) is 0 Å². The number of nitrogens with two attached hydrogens (primary N) is 1. The monoisotopic (exact) mass is 171 g/mol. The van der Waals surface area contributed by atoms with Crippen LogP contribution in [0.3, 0.4) is 0 Å². The molecule has 1 atom stereocenters. The highest BCUT2D eigenvalue weighted by molar-refractivity contribution is 8.54. The molecule has 1 aromatic carbocycles. The summed E-state index contributed by atoms with van der Waals surface area (Å²) in [6.07, 6.45) is 0. The van der Waals surface area contributed by atoms with Gasteiger partial charge < -0.3 is 4.52 Å². The number of fused-ring (bicyclic) bond motifs is 1. The van der Waals surface area contributed by atoms with Crippen LogP contribution >= 0.6 is 18.9 Å².